The number of nitrogens with one attached hydrogen (secondary N) is 1. The minimum absolute atomic E-state index is 0.994. The van der Waals surface area contributed by atoms with Crippen LogP contribution in [0.25, 0.3) is 0 Å². The standard InChI is InChI=1S/C21H43N2/c1-6-18-14-22(15-19(18)7-2)12-11-13-23(10-5)16-20(8-3)21(9-4)17-23/h18-21H,6-17H2,1-5H3/q+1/p+1. The second kappa shape index (κ2) is 8.85. The maximum absolute atomic E-state index is 2.44. The Morgan fingerprint density at radius 2 is 1.22 bits per heavy atom. The zero-order valence-electron chi connectivity index (χ0n) is 16.7. The number of rotatable bonds is 9. The molecule has 0 aliphatic carbocycles. The van der Waals surface area contributed by atoms with Crippen LogP contribution >= 0.6 is 0 Å². The van der Waals surface area contributed by atoms with Gasteiger partial charge in [-0.2, -0.15) is 0 Å². The molecule has 0 spiro atoms. The first kappa shape index (κ1) is 19.2. The highest BCUT2D eigenvalue weighted by Gasteiger charge is 2.42. The maximum atomic E-state index is 2.44. The molecule has 136 valence electrons. The van der Waals surface area contributed by atoms with Gasteiger partial charge in [-0.1, -0.05) is 27.7 Å². The summed E-state index contributed by atoms with van der Waals surface area (Å²) in [5.41, 5.74) is 0. The molecule has 0 aromatic heterocycles. The number of hydrogen-bond donors (Lipinski definition) is 1. The number of nitrogens with zero attached hydrogens (tertiary/aromatic N) is 1. The minimum atomic E-state index is 0.994. The molecule has 0 aromatic rings. The summed E-state index contributed by atoms with van der Waals surface area (Å²) in [5.74, 6) is 4.00. The highest BCUT2D eigenvalue weighted by atomic mass is 15.4. The Bertz CT molecular complexity index is 317. The van der Waals surface area contributed by atoms with E-state index < -0.39 is 0 Å². The van der Waals surface area contributed by atoms with Crippen molar-refractivity contribution in [1.82, 2.24) is 0 Å². The third-order valence-corrected chi connectivity index (χ3v) is 7.61. The molecule has 4 unspecified atom stereocenters. The van der Waals surface area contributed by atoms with Crippen LogP contribution in [0.2, 0.25) is 0 Å². The molecule has 2 nitrogen and oxygen atoms in total. The van der Waals surface area contributed by atoms with Gasteiger partial charge in [-0.15, -0.1) is 0 Å². The van der Waals surface area contributed by atoms with E-state index in [1.807, 2.05) is 4.90 Å². The molecule has 0 bridgehead atoms. The van der Waals surface area contributed by atoms with Gasteiger partial charge >= 0.3 is 0 Å². The van der Waals surface area contributed by atoms with Crippen LogP contribution in [-0.4, -0.2) is 50.3 Å². The predicted molar refractivity (Wildman–Crippen MR) is 101 cm³/mol. The molecular formula is C21H44N2+2. The summed E-state index contributed by atoms with van der Waals surface area (Å²) in [6.07, 6.45) is 7.03. The molecule has 0 amide bonds. The molecule has 2 fully saturated rings. The van der Waals surface area contributed by atoms with Gasteiger partial charge in [0.2, 0.25) is 0 Å². The highest BCUT2D eigenvalue weighted by molar-refractivity contribution is 4.75. The monoisotopic (exact) mass is 324 g/mol. The topological polar surface area (TPSA) is 4.44 Å². The third-order valence-electron chi connectivity index (χ3n) is 7.61. The molecule has 2 rings (SSSR count). The summed E-state index contributed by atoms with van der Waals surface area (Å²) >= 11 is 0. The fourth-order valence-electron chi connectivity index (χ4n) is 5.87. The quantitative estimate of drug-likeness (QED) is 0.621. The fraction of sp³-hybridized carbons (Fsp3) is 1.00. The fourth-order valence-corrected chi connectivity index (χ4v) is 5.87. The molecule has 2 saturated heterocycles. The lowest BCUT2D eigenvalue weighted by Gasteiger charge is -2.34. The summed E-state index contributed by atoms with van der Waals surface area (Å²) in [5, 5.41) is 0. The van der Waals surface area contributed by atoms with Crippen molar-refractivity contribution < 1.29 is 9.38 Å². The van der Waals surface area contributed by atoms with E-state index >= 15 is 0 Å². The number of hydrogen-bond acceptors (Lipinski definition) is 0. The Morgan fingerprint density at radius 1 is 0.739 bits per heavy atom. The van der Waals surface area contributed by atoms with Crippen LogP contribution in [0.3, 0.4) is 0 Å². The highest BCUT2D eigenvalue weighted by Crippen LogP contribution is 2.34. The Balaban J connectivity index is 1.81. The molecule has 0 saturated carbocycles. The van der Waals surface area contributed by atoms with Gasteiger partial charge in [-0.05, 0) is 32.6 Å². The molecular weight excluding hydrogens is 280 g/mol. The predicted octanol–water partition coefficient (Wildman–Crippen LogP) is 3.23. The molecule has 2 heterocycles. The molecule has 0 radical (unpaired) electrons. The maximum Gasteiger partial charge on any atom is 0.0841 e. The summed E-state index contributed by atoms with van der Waals surface area (Å²) < 4.78 is 1.43. The van der Waals surface area contributed by atoms with Crippen LogP contribution in [0.4, 0.5) is 0 Å². The van der Waals surface area contributed by atoms with Gasteiger partial charge in [-0.3, -0.25) is 0 Å². The Kier molecular flexibility index (Phi) is 7.41. The van der Waals surface area contributed by atoms with Gasteiger partial charge in [0.05, 0.1) is 45.8 Å². The minimum Gasteiger partial charge on any atom is -0.334 e. The summed E-state index contributed by atoms with van der Waals surface area (Å²) in [7, 11) is 0. The van der Waals surface area contributed by atoms with Crippen LogP contribution in [0.15, 0.2) is 0 Å². The molecule has 1 N–H and O–H groups in total. The third kappa shape index (κ3) is 4.51. The molecule has 2 aliphatic rings. The Labute approximate surface area is 146 Å². The largest absolute Gasteiger partial charge is 0.334 e. The SMILES string of the molecule is CCC1C[NH+](CCC[N+]2(CC)CC(CC)C(CC)C2)CC1CC. The average molecular weight is 325 g/mol. The van der Waals surface area contributed by atoms with E-state index in [9.17, 15) is 0 Å². The number of quaternary nitrogens is 2. The molecule has 4 atom stereocenters. The van der Waals surface area contributed by atoms with Gasteiger partial charge in [0, 0.05) is 30.1 Å². The van der Waals surface area contributed by atoms with Gasteiger partial charge < -0.3 is 9.38 Å². The lowest BCUT2D eigenvalue weighted by atomic mass is 9.92. The first-order valence-electron chi connectivity index (χ1n) is 10.8. The van der Waals surface area contributed by atoms with Crippen molar-refractivity contribution in [1.29, 1.82) is 0 Å². The second-order valence-electron chi connectivity index (χ2n) is 8.68. The van der Waals surface area contributed by atoms with Gasteiger partial charge in [0.1, 0.15) is 0 Å². The lowest BCUT2D eigenvalue weighted by Crippen LogP contribution is -3.10. The van der Waals surface area contributed by atoms with Crippen molar-refractivity contribution in [3.63, 3.8) is 0 Å². The van der Waals surface area contributed by atoms with Crippen molar-refractivity contribution in [2.24, 2.45) is 23.7 Å². The Morgan fingerprint density at radius 3 is 1.61 bits per heavy atom. The zero-order chi connectivity index (χ0) is 16.9. The molecule has 2 aliphatic heterocycles. The van der Waals surface area contributed by atoms with Gasteiger partial charge in [0.25, 0.3) is 0 Å². The van der Waals surface area contributed by atoms with Gasteiger partial charge in [-0.25, -0.2) is 0 Å². The van der Waals surface area contributed by atoms with Crippen LogP contribution in [0.5, 0.6) is 0 Å². The van der Waals surface area contributed by atoms with Crippen LogP contribution in [-0.2, 0) is 0 Å². The van der Waals surface area contributed by atoms with Crippen LogP contribution in [0.1, 0.15) is 66.7 Å². The van der Waals surface area contributed by atoms with E-state index in [1.165, 1.54) is 82.4 Å². The summed E-state index contributed by atoms with van der Waals surface area (Å²) in [6.45, 7) is 22.1. The van der Waals surface area contributed by atoms with E-state index in [0.717, 1.165) is 23.7 Å². The Hall–Kier alpha value is -0.0800. The smallest absolute Gasteiger partial charge is 0.0841 e. The van der Waals surface area contributed by atoms with Crippen LogP contribution in [0, 0.1) is 23.7 Å². The van der Waals surface area contributed by atoms with E-state index in [4.69, 9.17) is 0 Å². The summed E-state index contributed by atoms with van der Waals surface area (Å²) in [6, 6.07) is 0. The van der Waals surface area contributed by atoms with Crippen molar-refractivity contribution in [2.45, 2.75) is 66.7 Å². The van der Waals surface area contributed by atoms with Crippen molar-refractivity contribution >= 4 is 0 Å². The molecule has 2 heteroatoms. The normalized spacial score (nSPS) is 40.8. The van der Waals surface area contributed by atoms with Crippen molar-refractivity contribution in [2.75, 3.05) is 45.8 Å². The first-order valence-corrected chi connectivity index (χ1v) is 10.8. The zero-order valence-corrected chi connectivity index (χ0v) is 16.7. The van der Waals surface area contributed by atoms with E-state index in [0.29, 0.717) is 0 Å². The van der Waals surface area contributed by atoms with Crippen molar-refractivity contribution in [3.8, 4) is 0 Å². The van der Waals surface area contributed by atoms with Crippen molar-refractivity contribution in [3.05, 3.63) is 0 Å². The lowest BCUT2D eigenvalue weighted by molar-refractivity contribution is -0.927. The second-order valence-corrected chi connectivity index (χ2v) is 8.68. The van der Waals surface area contributed by atoms with E-state index in [-0.39, 0.29) is 0 Å². The van der Waals surface area contributed by atoms with Crippen LogP contribution < -0.4 is 4.90 Å². The molecule has 23 heavy (non-hydrogen) atoms. The van der Waals surface area contributed by atoms with E-state index in [2.05, 4.69) is 34.6 Å². The molecule has 0 aromatic carbocycles. The summed E-state index contributed by atoms with van der Waals surface area (Å²) in [4.78, 5) is 1.91. The first-order chi connectivity index (χ1) is 11.1. The number of likely N-dealkylation sites (tertiary alicyclic amines) is 2. The van der Waals surface area contributed by atoms with E-state index in [1.54, 1.807) is 0 Å². The average Bonchev–Trinajstić information content (AvgIpc) is 3.15. The van der Waals surface area contributed by atoms with Gasteiger partial charge in [0.15, 0.2) is 0 Å².